The van der Waals surface area contributed by atoms with Gasteiger partial charge in [0.1, 0.15) is 11.9 Å². The molecule has 134 valence electrons. The van der Waals surface area contributed by atoms with Gasteiger partial charge in [0.2, 0.25) is 0 Å². The molecule has 1 amide bonds. The Morgan fingerprint density at radius 1 is 1.24 bits per heavy atom. The number of rotatable bonds is 6. The second-order valence-electron chi connectivity index (χ2n) is 5.84. The molecule has 1 atom stereocenters. The van der Waals surface area contributed by atoms with Crippen LogP contribution in [0, 0.1) is 13.8 Å². The second kappa shape index (κ2) is 8.17. The highest BCUT2D eigenvalue weighted by Crippen LogP contribution is 2.32. The van der Waals surface area contributed by atoms with Crippen molar-refractivity contribution in [3.8, 4) is 5.75 Å². The molecule has 1 unspecified atom stereocenters. The Labute approximate surface area is 159 Å². The van der Waals surface area contributed by atoms with Gasteiger partial charge in [-0.3, -0.25) is 4.79 Å². The van der Waals surface area contributed by atoms with Gasteiger partial charge in [0.25, 0.3) is 5.91 Å². The van der Waals surface area contributed by atoms with Crippen molar-refractivity contribution in [2.75, 3.05) is 13.7 Å². The molecule has 0 aliphatic rings. The lowest BCUT2D eigenvalue weighted by Gasteiger charge is -2.19. The fraction of sp³-hybridized carbons (Fsp3) is 0.381. The van der Waals surface area contributed by atoms with Gasteiger partial charge in [0, 0.05) is 16.6 Å². The van der Waals surface area contributed by atoms with Gasteiger partial charge in [0.05, 0.1) is 0 Å². The zero-order valence-corrected chi connectivity index (χ0v) is 14.5. The minimum absolute atomic E-state index is 0.158. The van der Waals surface area contributed by atoms with Crippen molar-refractivity contribution in [2.45, 2.75) is 39.5 Å². The number of carbonyl (C=O) groups excluding carboxylic acids is 1. The number of aryl methyl sites for hydroxylation is 2. The molecule has 0 aliphatic carbocycles. The molecule has 0 aliphatic heterocycles. The van der Waals surface area contributed by atoms with E-state index in [2.05, 4.69) is 5.32 Å². The number of nitrogens with one attached hydrogen (secondary N) is 1. The molecule has 2 N–H and O–H groups in total. The van der Waals surface area contributed by atoms with E-state index in [1.807, 2.05) is 0 Å². The van der Waals surface area contributed by atoms with Gasteiger partial charge in [-0.25, -0.2) is 0 Å². The van der Waals surface area contributed by atoms with E-state index in [0.717, 1.165) is 0 Å². The molecular formula is C21H27NO3. The average Bonchev–Trinajstić information content (AvgIpc) is 2.69. The molecule has 2 aromatic rings. The molecule has 0 bridgehead atoms. The van der Waals surface area contributed by atoms with E-state index in [1.54, 1.807) is 32.0 Å². The fourth-order valence-electron chi connectivity index (χ4n) is 2.70. The number of likely N-dealkylation sites (N-methyl/N-ethyl adjacent to an activating group) is 1. The molecule has 4 heteroatoms. The summed E-state index contributed by atoms with van der Waals surface area (Å²) in [5.74, 6) is -2.69. The summed E-state index contributed by atoms with van der Waals surface area (Å²) in [7, 11) is 1.50. The van der Waals surface area contributed by atoms with Gasteiger partial charge in [-0.05, 0) is 59.7 Å². The summed E-state index contributed by atoms with van der Waals surface area (Å²) in [6.45, 7) is -2.88. The molecule has 0 radical (unpaired) electrons. The van der Waals surface area contributed by atoms with Gasteiger partial charge in [-0.15, -0.1) is 0 Å². The van der Waals surface area contributed by atoms with Crippen molar-refractivity contribution in [1.82, 2.24) is 5.32 Å². The van der Waals surface area contributed by atoms with E-state index in [-0.39, 0.29) is 23.6 Å². The highest BCUT2D eigenvalue weighted by molar-refractivity contribution is 5.77. The van der Waals surface area contributed by atoms with Gasteiger partial charge < -0.3 is 15.2 Å². The maximum atomic E-state index is 11.4. The number of hydrogen-bond acceptors (Lipinski definition) is 3. The van der Waals surface area contributed by atoms with E-state index >= 15 is 0 Å². The third-order valence-electron chi connectivity index (χ3n) is 3.98. The predicted octanol–water partition coefficient (Wildman–Crippen LogP) is 3.63. The number of benzene rings is 2. The molecular weight excluding hydrogens is 314 g/mol. The Kier molecular flexibility index (Phi) is 3.70. The molecule has 0 spiro atoms. The quantitative estimate of drug-likeness (QED) is 0.838. The maximum absolute atomic E-state index is 11.4. The zero-order valence-electron chi connectivity index (χ0n) is 21.5. The van der Waals surface area contributed by atoms with Crippen LogP contribution in [0.2, 0.25) is 0 Å². The van der Waals surface area contributed by atoms with Crippen molar-refractivity contribution in [1.29, 1.82) is 0 Å². The number of aliphatic hydroxyl groups excluding tert-OH is 1. The average molecular weight is 348 g/mol. The summed E-state index contributed by atoms with van der Waals surface area (Å²) >= 11 is 0. The largest absolute Gasteiger partial charge is 0.484 e. The number of ether oxygens (including phenoxy) is 1. The van der Waals surface area contributed by atoms with Crippen LogP contribution < -0.4 is 10.1 Å². The van der Waals surface area contributed by atoms with Crippen molar-refractivity contribution < 1.29 is 24.2 Å². The zero-order chi connectivity index (χ0) is 24.5. The van der Waals surface area contributed by atoms with Crippen molar-refractivity contribution in [3.63, 3.8) is 0 Å². The third-order valence-corrected chi connectivity index (χ3v) is 3.98. The van der Waals surface area contributed by atoms with Gasteiger partial charge in [-0.2, -0.15) is 0 Å². The third kappa shape index (κ3) is 4.60. The lowest BCUT2D eigenvalue weighted by molar-refractivity contribution is -0.122. The van der Waals surface area contributed by atoms with Crippen LogP contribution >= 0.6 is 0 Å². The first kappa shape index (κ1) is 11.3. The Morgan fingerprint density at radius 3 is 2.48 bits per heavy atom. The first-order valence-corrected chi connectivity index (χ1v) is 7.86. The highest BCUT2D eigenvalue weighted by atomic mass is 16.5. The van der Waals surface area contributed by atoms with Gasteiger partial charge in [-0.1, -0.05) is 38.0 Å². The number of hydrogen-bond donors (Lipinski definition) is 2. The van der Waals surface area contributed by atoms with Gasteiger partial charge >= 0.3 is 0 Å². The molecule has 2 rings (SSSR count). The number of amides is 1. The lowest BCUT2D eigenvalue weighted by atomic mass is 9.91. The van der Waals surface area contributed by atoms with Crippen molar-refractivity contribution >= 4 is 5.91 Å². The van der Waals surface area contributed by atoms with Crippen LogP contribution in [0.5, 0.6) is 5.75 Å². The first-order chi connectivity index (χ1) is 14.6. The van der Waals surface area contributed by atoms with E-state index in [9.17, 15) is 9.90 Å². The summed E-state index contributed by atoms with van der Waals surface area (Å²) in [5, 5.41) is 13.5. The minimum atomic E-state index is -3.11. The van der Waals surface area contributed by atoms with E-state index < -0.39 is 25.7 Å². The Bertz CT molecular complexity index is 949. The number of carbonyl (C=O) groups is 1. The standard InChI is InChI=1S/C21H27NO3/c1-13(2)16-7-6-8-17(11-16)21(24)20-14(3)9-18(10-15(20)4)25-12-19(23)22-5/h6-11,13,21,24H,12H2,1-5H3,(H,22,23)/i1D3,2D3,13D. The summed E-state index contributed by atoms with van der Waals surface area (Å²) in [4.78, 5) is 11.4. The summed E-state index contributed by atoms with van der Waals surface area (Å²) < 4.78 is 59.9. The summed E-state index contributed by atoms with van der Waals surface area (Å²) in [6, 6.07) is 8.83. The topological polar surface area (TPSA) is 58.6 Å². The molecule has 2 aromatic carbocycles. The van der Waals surface area contributed by atoms with Gasteiger partial charge in [0.15, 0.2) is 6.61 Å². The molecule has 0 aromatic heterocycles. The van der Waals surface area contributed by atoms with Crippen LogP contribution in [0.4, 0.5) is 0 Å². The van der Waals surface area contributed by atoms with Crippen LogP contribution in [0.1, 0.15) is 63.1 Å². The molecule has 4 nitrogen and oxygen atoms in total. The summed E-state index contributed by atoms with van der Waals surface area (Å²) in [6.07, 6.45) is -1.19. The Morgan fingerprint density at radius 2 is 1.88 bits per heavy atom. The molecule has 25 heavy (non-hydrogen) atoms. The van der Waals surface area contributed by atoms with Crippen LogP contribution in [0.15, 0.2) is 36.4 Å². The molecule has 0 heterocycles. The van der Waals surface area contributed by atoms with Crippen molar-refractivity contribution in [3.05, 3.63) is 64.2 Å². The van der Waals surface area contributed by atoms with E-state index in [1.165, 1.54) is 25.2 Å². The Balaban J connectivity index is 2.47. The Hall–Kier alpha value is -2.33. The SMILES string of the molecule is [2H]C([2H])([2H])C([2H])(c1cccc(C(O)c2c(C)cc(OCC(=O)NC)cc2C)c1)C([2H])([2H])[2H]. The monoisotopic (exact) mass is 348 g/mol. The first-order valence-electron chi connectivity index (χ1n) is 11.4. The predicted molar refractivity (Wildman–Crippen MR) is 100 cm³/mol. The molecule has 0 saturated heterocycles. The number of aliphatic hydroxyl groups is 1. The highest BCUT2D eigenvalue weighted by Gasteiger charge is 2.17. The van der Waals surface area contributed by atoms with Crippen LogP contribution in [0.25, 0.3) is 0 Å². The van der Waals surface area contributed by atoms with Crippen LogP contribution in [0.3, 0.4) is 0 Å². The van der Waals surface area contributed by atoms with E-state index in [0.29, 0.717) is 22.4 Å². The minimum Gasteiger partial charge on any atom is -0.484 e. The molecule has 0 saturated carbocycles. The van der Waals surface area contributed by atoms with E-state index in [4.69, 9.17) is 14.3 Å². The molecule has 0 fully saturated rings. The fourth-order valence-corrected chi connectivity index (χ4v) is 2.70. The maximum Gasteiger partial charge on any atom is 0.257 e. The van der Waals surface area contributed by atoms with Crippen molar-refractivity contribution in [2.24, 2.45) is 0 Å². The normalized spacial score (nSPS) is 17.7. The second-order valence-corrected chi connectivity index (χ2v) is 5.84. The summed E-state index contributed by atoms with van der Waals surface area (Å²) in [5.41, 5.74) is 1.90. The van der Waals surface area contributed by atoms with Crippen LogP contribution in [-0.2, 0) is 4.79 Å². The van der Waals surface area contributed by atoms with Crippen LogP contribution in [-0.4, -0.2) is 24.7 Å². The lowest BCUT2D eigenvalue weighted by Crippen LogP contribution is -2.24. The smallest absolute Gasteiger partial charge is 0.257 e.